The average Bonchev–Trinajstić information content (AvgIpc) is 2.63. The lowest BCUT2D eigenvalue weighted by molar-refractivity contribution is 0.101. The molecule has 0 bridgehead atoms. The molecule has 0 radical (unpaired) electrons. The Kier molecular flexibility index (Phi) is 2.95. The molecule has 0 N–H and O–H groups in total. The Morgan fingerprint density at radius 2 is 2.25 bits per heavy atom. The van der Waals surface area contributed by atoms with E-state index in [1.807, 2.05) is 6.07 Å². The number of Topliss-reactive ketones (excluding diaryl/α,β-unsaturated/α-hetero) is 1. The van der Waals surface area contributed by atoms with Gasteiger partial charge in [0.25, 0.3) is 0 Å². The van der Waals surface area contributed by atoms with Gasteiger partial charge in [0.2, 0.25) is 0 Å². The van der Waals surface area contributed by atoms with Crippen molar-refractivity contribution in [3.63, 3.8) is 0 Å². The van der Waals surface area contributed by atoms with Gasteiger partial charge in [-0.25, -0.2) is 4.39 Å². The van der Waals surface area contributed by atoms with E-state index in [0.717, 1.165) is 25.2 Å². The van der Waals surface area contributed by atoms with Crippen molar-refractivity contribution >= 4 is 11.5 Å². The van der Waals surface area contributed by atoms with E-state index in [4.69, 9.17) is 0 Å². The van der Waals surface area contributed by atoms with E-state index in [1.54, 1.807) is 6.07 Å². The predicted octanol–water partition coefficient (Wildman–Crippen LogP) is 2.87. The van der Waals surface area contributed by atoms with Crippen LogP contribution in [0, 0.1) is 11.7 Å². The van der Waals surface area contributed by atoms with Crippen molar-refractivity contribution in [3.05, 3.63) is 29.6 Å². The summed E-state index contributed by atoms with van der Waals surface area (Å²) in [4.78, 5) is 13.6. The number of rotatable bonds is 2. The van der Waals surface area contributed by atoms with Crippen molar-refractivity contribution in [2.75, 3.05) is 18.0 Å². The summed E-state index contributed by atoms with van der Waals surface area (Å²) in [6, 6.07) is 4.84. The molecule has 1 saturated heterocycles. The van der Waals surface area contributed by atoms with Gasteiger partial charge >= 0.3 is 0 Å². The third kappa shape index (κ3) is 1.94. The van der Waals surface area contributed by atoms with Gasteiger partial charge in [-0.2, -0.15) is 0 Å². The second-order valence-corrected chi connectivity index (χ2v) is 4.53. The number of hydrogen-bond donors (Lipinski definition) is 0. The molecule has 2 nitrogen and oxygen atoms in total. The minimum atomic E-state index is -0.412. The van der Waals surface area contributed by atoms with E-state index in [2.05, 4.69) is 11.8 Å². The average molecular weight is 221 g/mol. The maximum Gasteiger partial charge on any atom is 0.164 e. The lowest BCUT2D eigenvalue weighted by atomic mass is 10.1. The zero-order valence-electron chi connectivity index (χ0n) is 9.66. The van der Waals surface area contributed by atoms with Crippen molar-refractivity contribution in [1.29, 1.82) is 0 Å². The van der Waals surface area contributed by atoms with Crippen LogP contribution in [0.15, 0.2) is 18.2 Å². The Bertz CT molecular complexity index is 416. The molecular weight excluding hydrogens is 205 g/mol. The molecule has 3 heteroatoms. The van der Waals surface area contributed by atoms with Gasteiger partial charge in [-0.1, -0.05) is 13.0 Å². The zero-order valence-corrected chi connectivity index (χ0v) is 9.66. The van der Waals surface area contributed by atoms with Gasteiger partial charge in [0, 0.05) is 13.1 Å². The molecule has 86 valence electrons. The first-order valence-electron chi connectivity index (χ1n) is 5.64. The first-order chi connectivity index (χ1) is 7.59. The van der Waals surface area contributed by atoms with Crippen LogP contribution < -0.4 is 4.90 Å². The molecule has 1 heterocycles. The summed E-state index contributed by atoms with van der Waals surface area (Å²) in [6.07, 6.45) is 1.11. The fourth-order valence-electron chi connectivity index (χ4n) is 2.28. The van der Waals surface area contributed by atoms with Crippen LogP contribution in [0.4, 0.5) is 10.1 Å². The number of nitrogens with zero attached hydrogens (tertiary/aromatic N) is 1. The molecule has 0 spiro atoms. The fourth-order valence-corrected chi connectivity index (χ4v) is 2.28. The Hall–Kier alpha value is -1.38. The standard InChI is InChI=1S/C13H16FNO/c1-9-6-7-15(8-9)12-5-3-4-11(14)13(12)10(2)16/h3-5,9H,6-8H2,1-2H3. The minimum absolute atomic E-state index is 0.201. The van der Waals surface area contributed by atoms with Crippen molar-refractivity contribution in [1.82, 2.24) is 0 Å². The Labute approximate surface area is 95.1 Å². The molecule has 1 unspecified atom stereocenters. The molecule has 0 aliphatic carbocycles. The third-order valence-corrected chi connectivity index (χ3v) is 3.11. The largest absolute Gasteiger partial charge is 0.371 e. The first kappa shape index (κ1) is 11.1. The topological polar surface area (TPSA) is 20.3 Å². The second kappa shape index (κ2) is 4.24. The van der Waals surface area contributed by atoms with Crippen LogP contribution in [0.1, 0.15) is 30.6 Å². The van der Waals surface area contributed by atoms with Gasteiger partial charge in [0.1, 0.15) is 5.82 Å². The molecule has 0 saturated carbocycles. The number of anilines is 1. The molecule has 1 aliphatic rings. The minimum Gasteiger partial charge on any atom is -0.371 e. The highest BCUT2D eigenvalue weighted by Gasteiger charge is 2.23. The molecule has 1 atom stereocenters. The van der Waals surface area contributed by atoms with Crippen LogP contribution in [0.3, 0.4) is 0 Å². The highest BCUT2D eigenvalue weighted by Crippen LogP contribution is 2.28. The number of carbonyl (C=O) groups is 1. The van der Waals surface area contributed by atoms with Crippen molar-refractivity contribution in [3.8, 4) is 0 Å². The summed E-state index contributed by atoms with van der Waals surface area (Å²) in [5.41, 5.74) is 0.980. The molecule has 0 amide bonds. The summed E-state index contributed by atoms with van der Waals surface area (Å²) < 4.78 is 13.6. The van der Waals surface area contributed by atoms with Crippen molar-refractivity contribution in [2.45, 2.75) is 20.3 Å². The molecule has 0 aromatic heterocycles. The molecule has 16 heavy (non-hydrogen) atoms. The second-order valence-electron chi connectivity index (χ2n) is 4.53. The van der Waals surface area contributed by atoms with E-state index >= 15 is 0 Å². The van der Waals surface area contributed by atoms with E-state index in [0.29, 0.717) is 5.92 Å². The van der Waals surface area contributed by atoms with Gasteiger partial charge in [0.15, 0.2) is 5.78 Å². The highest BCUT2D eigenvalue weighted by atomic mass is 19.1. The zero-order chi connectivity index (χ0) is 11.7. The third-order valence-electron chi connectivity index (χ3n) is 3.11. The molecule has 2 rings (SSSR count). The Morgan fingerprint density at radius 1 is 1.50 bits per heavy atom. The summed E-state index contributed by atoms with van der Waals surface area (Å²) >= 11 is 0. The molecule has 1 aromatic carbocycles. The monoisotopic (exact) mass is 221 g/mol. The van der Waals surface area contributed by atoms with E-state index < -0.39 is 5.82 Å². The van der Waals surface area contributed by atoms with Crippen LogP contribution in [0.5, 0.6) is 0 Å². The number of benzene rings is 1. The summed E-state index contributed by atoms with van der Waals surface area (Å²) in [6.45, 7) is 5.41. The quantitative estimate of drug-likeness (QED) is 0.716. The maximum atomic E-state index is 13.6. The van der Waals surface area contributed by atoms with Crippen molar-refractivity contribution < 1.29 is 9.18 Å². The Balaban J connectivity index is 2.40. The molecule has 1 aliphatic heterocycles. The van der Waals surface area contributed by atoms with Gasteiger partial charge in [0.05, 0.1) is 11.3 Å². The number of halogens is 1. The number of carbonyl (C=O) groups excluding carboxylic acids is 1. The molecule has 1 fully saturated rings. The smallest absolute Gasteiger partial charge is 0.164 e. The van der Waals surface area contributed by atoms with Gasteiger partial charge in [-0.05, 0) is 31.4 Å². The van der Waals surface area contributed by atoms with Gasteiger partial charge in [-0.15, -0.1) is 0 Å². The first-order valence-corrected chi connectivity index (χ1v) is 5.64. The normalized spacial score (nSPS) is 20.2. The summed E-state index contributed by atoms with van der Waals surface area (Å²) in [5, 5.41) is 0. The van der Waals surface area contributed by atoms with Crippen LogP contribution in [-0.4, -0.2) is 18.9 Å². The van der Waals surface area contributed by atoms with Crippen LogP contribution in [-0.2, 0) is 0 Å². The van der Waals surface area contributed by atoms with Gasteiger partial charge in [-0.3, -0.25) is 4.79 Å². The molecule has 1 aromatic rings. The Morgan fingerprint density at radius 3 is 2.81 bits per heavy atom. The summed E-state index contributed by atoms with van der Waals surface area (Å²) in [5.74, 6) is 0.000261. The SMILES string of the molecule is CC(=O)c1c(F)cccc1N1CCC(C)C1. The fraction of sp³-hybridized carbons (Fsp3) is 0.462. The summed E-state index contributed by atoms with van der Waals surface area (Å²) in [7, 11) is 0. The maximum absolute atomic E-state index is 13.6. The van der Waals surface area contributed by atoms with Gasteiger partial charge < -0.3 is 4.90 Å². The number of hydrogen-bond acceptors (Lipinski definition) is 2. The van der Waals surface area contributed by atoms with E-state index in [-0.39, 0.29) is 11.3 Å². The van der Waals surface area contributed by atoms with E-state index in [9.17, 15) is 9.18 Å². The van der Waals surface area contributed by atoms with Crippen LogP contribution in [0.2, 0.25) is 0 Å². The predicted molar refractivity (Wildman–Crippen MR) is 62.4 cm³/mol. The van der Waals surface area contributed by atoms with Crippen LogP contribution in [0.25, 0.3) is 0 Å². The van der Waals surface area contributed by atoms with Crippen LogP contribution >= 0.6 is 0 Å². The number of ketones is 1. The lowest BCUT2D eigenvalue weighted by Gasteiger charge is -2.21. The molecular formula is C13H16FNO. The van der Waals surface area contributed by atoms with E-state index in [1.165, 1.54) is 13.0 Å². The highest BCUT2D eigenvalue weighted by molar-refractivity contribution is 6.00. The lowest BCUT2D eigenvalue weighted by Crippen LogP contribution is -2.22. The van der Waals surface area contributed by atoms with Crippen molar-refractivity contribution in [2.24, 2.45) is 5.92 Å².